The van der Waals surface area contributed by atoms with Crippen molar-refractivity contribution in [1.82, 2.24) is 9.66 Å². The lowest BCUT2D eigenvalue weighted by atomic mass is 10.2. The summed E-state index contributed by atoms with van der Waals surface area (Å²) in [6.45, 7) is 0.584. The van der Waals surface area contributed by atoms with Crippen LogP contribution in [0.3, 0.4) is 0 Å². The third-order valence-corrected chi connectivity index (χ3v) is 2.96. The van der Waals surface area contributed by atoms with E-state index >= 15 is 0 Å². The Morgan fingerprint density at radius 3 is 2.58 bits per heavy atom. The molecule has 0 saturated carbocycles. The molecule has 3 rings (SSSR count). The lowest BCUT2D eigenvalue weighted by molar-refractivity contribution is 0.791. The van der Waals surface area contributed by atoms with Crippen LogP contribution in [0.5, 0.6) is 0 Å². The van der Waals surface area contributed by atoms with Gasteiger partial charge in [0, 0.05) is 0 Å². The third kappa shape index (κ3) is 2.33. The predicted molar refractivity (Wildman–Crippen MR) is 75.5 cm³/mol. The molecule has 0 spiro atoms. The molecule has 19 heavy (non-hydrogen) atoms. The molecule has 1 aromatic heterocycles. The topological polar surface area (TPSA) is 46.9 Å². The molecule has 0 radical (unpaired) electrons. The maximum Gasteiger partial charge on any atom is 0.279 e. The SMILES string of the molecule is O=c1c2ccccc2ncn1NCc1ccccc1. The zero-order valence-corrected chi connectivity index (χ0v) is 10.3. The Morgan fingerprint density at radius 2 is 1.74 bits per heavy atom. The first-order valence-electron chi connectivity index (χ1n) is 6.09. The summed E-state index contributed by atoms with van der Waals surface area (Å²) in [5, 5.41) is 0.616. The van der Waals surface area contributed by atoms with Gasteiger partial charge in [-0.2, -0.15) is 0 Å². The maximum atomic E-state index is 12.2. The Hall–Kier alpha value is -2.62. The number of nitrogens with zero attached hydrogens (tertiary/aromatic N) is 2. The van der Waals surface area contributed by atoms with Crippen LogP contribution < -0.4 is 11.0 Å². The van der Waals surface area contributed by atoms with Crippen LogP contribution in [0.2, 0.25) is 0 Å². The van der Waals surface area contributed by atoms with Gasteiger partial charge in [-0.05, 0) is 17.7 Å². The molecule has 0 saturated heterocycles. The Balaban J connectivity index is 1.90. The van der Waals surface area contributed by atoms with Crippen molar-refractivity contribution in [3.63, 3.8) is 0 Å². The summed E-state index contributed by atoms with van der Waals surface area (Å²) in [5.74, 6) is 0. The highest BCUT2D eigenvalue weighted by molar-refractivity contribution is 5.76. The molecule has 0 aliphatic carbocycles. The Kier molecular flexibility index (Phi) is 2.98. The zero-order valence-electron chi connectivity index (χ0n) is 10.3. The van der Waals surface area contributed by atoms with E-state index in [-0.39, 0.29) is 5.56 Å². The lowest BCUT2D eigenvalue weighted by Gasteiger charge is -2.09. The summed E-state index contributed by atoms with van der Waals surface area (Å²) in [5.41, 5.74) is 4.81. The quantitative estimate of drug-likeness (QED) is 0.775. The van der Waals surface area contributed by atoms with Gasteiger partial charge in [-0.1, -0.05) is 42.5 Å². The molecule has 0 amide bonds. The fourth-order valence-corrected chi connectivity index (χ4v) is 1.95. The number of benzene rings is 2. The molecule has 3 aromatic rings. The highest BCUT2D eigenvalue weighted by Gasteiger charge is 2.02. The van der Waals surface area contributed by atoms with E-state index in [2.05, 4.69) is 10.4 Å². The van der Waals surface area contributed by atoms with E-state index in [0.29, 0.717) is 17.4 Å². The number of hydrogen-bond acceptors (Lipinski definition) is 3. The molecule has 2 aromatic carbocycles. The lowest BCUT2D eigenvalue weighted by Crippen LogP contribution is -2.28. The van der Waals surface area contributed by atoms with Gasteiger partial charge >= 0.3 is 0 Å². The predicted octanol–water partition coefficient (Wildman–Crippen LogP) is 2.14. The third-order valence-electron chi connectivity index (χ3n) is 2.96. The van der Waals surface area contributed by atoms with Gasteiger partial charge in [0.25, 0.3) is 5.56 Å². The van der Waals surface area contributed by atoms with Crippen molar-refractivity contribution in [2.75, 3.05) is 5.43 Å². The van der Waals surface area contributed by atoms with Crippen LogP contribution in [0.15, 0.2) is 65.7 Å². The van der Waals surface area contributed by atoms with Gasteiger partial charge in [-0.3, -0.25) is 4.79 Å². The first kappa shape index (κ1) is 11.5. The standard InChI is InChI=1S/C15H13N3O/c19-15-13-8-4-5-9-14(13)16-11-18(15)17-10-12-6-2-1-3-7-12/h1-9,11,17H,10H2. The first-order valence-corrected chi connectivity index (χ1v) is 6.09. The molecule has 94 valence electrons. The fourth-order valence-electron chi connectivity index (χ4n) is 1.95. The highest BCUT2D eigenvalue weighted by atomic mass is 16.1. The largest absolute Gasteiger partial charge is 0.317 e. The zero-order chi connectivity index (χ0) is 13.1. The minimum absolute atomic E-state index is 0.0819. The van der Waals surface area contributed by atoms with Gasteiger partial charge in [0.15, 0.2) is 0 Å². The number of para-hydroxylation sites is 1. The second-order valence-electron chi connectivity index (χ2n) is 4.26. The van der Waals surface area contributed by atoms with E-state index in [0.717, 1.165) is 5.56 Å². The number of aromatic nitrogens is 2. The monoisotopic (exact) mass is 251 g/mol. The number of hydrogen-bond donors (Lipinski definition) is 1. The summed E-state index contributed by atoms with van der Waals surface area (Å²) in [7, 11) is 0. The van der Waals surface area contributed by atoms with Gasteiger partial charge in [-0.15, -0.1) is 0 Å². The number of fused-ring (bicyclic) bond motifs is 1. The Labute approximate surface area is 110 Å². The number of nitrogens with one attached hydrogen (secondary N) is 1. The second kappa shape index (κ2) is 4.94. The summed E-state index contributed by atoms with van der Waals surface area (Å²) >= 11 is 0. The average molecular weight is 251 g/mol. The smallest absolute Gasteiger partial charge is 0.279 e. The van der Waals surface area contributed by atoms with Crippen molar-refractivity contribution in [2.45, 2.75) is 6.54 Å². The van der Waals surface area contributed by atoms with Crippen LogP contribution in [0.25, 0.3) is 10.9 Å². The minimum Gasteiger partial charge on any atom is -0.317 e. The van der Waals surface area contributed by atoms with Crippen molar-refractivity contribution in [3.05, 3.63) is 76.8 Å². The van der Waals surface area contributed by atoms with Crippen molar-refractivity contribution in [3.8, 4) is 0 Å². The van der Waals surface area contributed by atoms with E-state index in [4.69, 9.17) is 0 Å². The van der Waals surface area contributed by atoms with Gasteiger partial charge < -0.3 is 5.43 Å². The second-order valence-corrected chi connectivity index (χ2v) is 4.26. The normalized spacial score (nSPS) is 10.5. The van der Waals surface area contributed by atoms with Gasteiger partial charge in [0.2, 0.25) is 0 Å². The Bertz CT molecular complexity index is 750. The van der Waals surface area contributed by atoms with E-state index in [1.807, 2.05) is 48.5 Å². The number of rotatable bonds is 3. The van der Waals surface area contributed by atoms with Crippen molar-refractivity contribution < 1.29 is 0 Å². The van der Waals surface area contributed by atoms with Crippen molar-refractivity contribution in [2.24, 2.45) is 0 Å². The molecule has 0 fully saturated rings. The summed E-state index contributed by atoms with van der Waals surface area (Å²) in [4.78, 5) is 16.5. The van der Waals surface area contributed by atoms with Crippen LogP contribution in [-0.2, 0) is 6.54 Å². The molecular formula is C15H13N3O. The van der Waals surface area contributed by atoms with Gasteiger partial charge in [-0.25, -0.2) is 9.66 Å². The average Bonchev–Trinajstić information content (AvgIpc) is 2.48. The van der Waals surface area contributed by atoms with E-state index in [1.54, 1.807) is 6.07 Å². The van der Waals surface area contributed by atoms with Gasteiger partial charge in [0.05, 0.1) is 17.4 Å². The maximum absolute atomic E-state index is 12.2. The van der Waals surface area contributed by atoms with Crippen LogP contribution in [0, 0.1) is 0 Å². The van der Waals surface area contributed by atoms with Crippen LogP contribution in [-0.4, -0.2) is 9.66 Å². The first-order chi connectivity index (χ1) is 9.34. The summed E-state index contributed by atoms with van der Waals surface area (Å²) in [6, 6.07) is 17.2. The van der Waals surface area contributed by atoms with E-state index in [1.165, 1.54) is 11.0 Å². The minimum atomic E-state index is -0.0819. The fraction of sp³-hybridized carbons (Fsp3) is 0.0667. The molecule has 1 heterocycles. The molecule has 0 aliphatic rings. The molecule has 1 N–H and O–H groups in total. The summed E-state index contributed by atoms with van der Waals surface area (Å²) < 4.78 is 1.43. The van der Waals surface area contributed by atoms with Crippen LogP contribution >= 0.6 is 0 Å². The van der Waals surface area contributed by atoms with E-state index < -0.39 is 0 Å². The molecule has 4 nitrogen and oxygen atoms in total. The Morgan fingerprint density at radius 1 is 1.00 bits per heavy atom. The molecule has 0 atom stereocenters. The molecule has 0 aliphatic heterocycles. The molecular weight excluding hydrogens is 238 g/mol. The van der Waals surface area contributed by atoms with Crippen molar-refractivity contribution >= 4 is 10.9 Å². The van der Waals surface area contributed by atoms with Crippen molar-refractivity contribution in [1.29, 1.82) is 0 Å². The van der Waals surface area contributed by atoms with Gasteiger partial charge in [0.1, 0.15) is 6.33 Å². The molecule has 4 heteroatoms. The van der Waals surface area contributed by atoms with Crippen LogP contribution in [0.4, 0.5) is 0 Å². The molecule has 0 bridgehead atoms. The summed E-state index contributed by atoms with van der Waals surface area (Å²) in [6.07, 6.45) is 1.52. The van der Waals surface area contributed by atoms with Crippen LogP contribution in [0.1, 0.15) is 5.56 Å². The highest BCUT2D eigenvalue weighted by Crippen LogP contribution is 2.04. The molecule has 0 unspecified atom stereocenters. The van der Waals surface area contributed by atoms with E-state index in [9.17, 15) is 4.79 Å².